The van der Waals surface area contributed by atoms with Crippen LogP contribution in [0.2, 0.25) is 0 Å². The van der Waals surface area contributed by atoms with E-state index in [9.17, 15) is 14.4 Å². The Balaban J connectivity index is 2.63. The Hall–Kier alpha value is -2.37. The summed E-state index contributed by atoms with van der Waals surface area (Å²) in [5.41, 5.74) is 1.33. The molecule has 0 radical (unpaired) electrons. The normalized spacial score (nSPS) is 10.7. The fraction of sp³-hybridized carbons (Fsp3) is 0.438. The monoisotopic (exact) mass is 306 g/mol. The first-order chi connectivity index (χ1) is 10.2. The minimum absolute atomic E-state index is 0.208. The van der Waals surface area contributed by atoms with Crippen molar-refractivity contribution in [1.29, 1.82) is 0 Å². The summed E-state index contributed by atoms with van der Waals surface area (Å²) in [7, 11) is 0. The number of amides is 2. The van der Waals surface area contributed by atoms with E-state index < -0.39 is 11.7 Å². The summed E-state index contributed by atoms with van der Waals surface area (Å²) >= 11 is 0. The van der Waals surface area contributed by atoms with Gasteiger partial charge < -0.3 is 15.4 Å². The van der Waals surface area contributed by atoms with Crippen LogP contribution in [-0.4, -0.2) is 30.4 Å². The van der Waals surface area contributed by atoms with Gasteiger partial charge in [0, 0.05) is 24.7 Å². The molecule has 0 aliphatic heterocycles. The number of carbonyl (C=O) groups excluding carboxylic acids is 3. The standard InChI is InChI=1S/C16H22N2O4/c1-11(20)18-14-8-12(7-13(9-14)10-19)5-6-17-15(21)22-16(2,3)4/h7-10H,5-6H2,1-4H3,(H,17,21)(H,18,20). The van der Waals surface area contributed by atoms with Gasteiger partial charge in [0.2, 0.25) is 5.91 Å². The largest absolute Gasteiger partial charge is 0.444 e. The number of benzene rings is 1. The molecule has 0 aliphatic rings. The topological polar surface area (TPSA) is 84.5 Å². The zero-order chi connectivity index (χ0) is 16.8. The second-order valence-electron chi connectivity index (χ2n) is 5.94. The number of hydrogen-bond acceptors (Lipinski definition) is 4. The molecular formula is C16H22N2O4. The van der Waals surface area contributed by atoms with Crippen LogP contribution in [0.4, 0.5) is 10.5 Å². The molecule has 2 N–H and O–H groups in total. The summed E-state index contributed by atoms with van der Waals surface area (Å²) in [6, 6.07) is 5.08. The summed E-state index contributed by atoms with van der Waals surface area (Å²) < 4.78 is 5.13. The maximum absolute atomic E-state index is 11.5. The van der Waals surface area contributed by atoms with E-state index in [4.69, 9.17) is 4.74 Å². The molecule has 0 unspecified atom stereocenters. The first kappa shape index (κ1) is 17.7. The Morgan fingerprint density at radius 1 is 1.23 bits per heavy atom. The SMILES string of the molecule is CC(=O)Nc1cc(C=O)cc(CCNC(=O)OC(C)(C)C)c1. The third-order valence-electron chi connectivity index (χ3n) is 2.55. The third-order valence-corrected chi connectivity index (χ3v) is 2.55. The zero-order valence-corrected chi connectivity index (χ0v) is 13.4. The number of aldehydes is 1. The molecular weight excluding hydrogens is 284 g/mol. The number of carbonyl (C=O) groups is 3. The minimum Gasteiger partial charge on any atom is -0.444 e. The predicted molar refractivity (Wildman–Crippen MR) is 84.1 cm³/mol. The lowest BCUT2D eigenvalue weighted by Crippen LogP contribution is -2.33. The van der Waals surface area contributed by atoms with Gasteiger partial charge in [-0.1, -0.05) is 0 Å². The summed E-state index contributed by atoms with van der Waals surface area (Å²) in [5.74, 6) is -0.208. The quantitative estimate of drug-likeness (QED) is 0.819. The summed E-state index contributed by atoms with van der Waals surface area (Å²) in [6.45, 7) is 7.15. The molecule has 0 saturated heterocycles. The van der Waals surface area contributed by atoms with E-state index in [0.29, 0.717) is 24.2 Å². The molecule has 0 spiro atoms. The van der Waals surface area contributed by atoms with Gasteiger partial charge in [-0.2, -0.15) is 0 Å². The van der Waals surface area contributed by atoms with E-state index >= 15 is 0 Å². The lowest BCUT2D eigenvalue weighted by molar-refractivity contribution is -0.114. The second-order valence-corrected chi connectivity index (χ2v) is 5.94. The van der Waals surface area contributed by atoms with Crippen molar-refractivity contribution in [2.75, 3.05) is 11.9 Å². The van der Waals surface area contributed by atoms with Crippen molar-refractivity contribution in [2.45, 2.75) is 39.7 Å². The van der Waals surface area contributed by atoms with E-state index in [0.717, 1.165) is 11.8 Å². The molecule has 1 aromatic carbocycles. The van der Waals surface area contributed by atoms with Crippen LogP contribution in [0.15, 0.2) is 18.2 Å². The van der Waals surface area contributed by atoms with E-state index in [1.54, 1.807) is 39.0 Å². The fourth-order valence-electron chi connectivity index (χ4n) is 1.83. The fourth-order valence-corrected chi connectivity index (χ4v) is 1.83. The Morgan fingerprint density at radius 3 is 2.45 bits per heavy atom. The number of ether oxygens (including phenoxy) is 1. The van der Waals surface area contributed by atoms with Gasteiger partial charge >= 0.3 is 6.09 Å². The second kappa shape index (κ2) is 7.59. The maximum atomic E-state index is 11.5. The molecule has 1 aromatic rings. The van der Waals surface area contributed by atoms with Gasteiger partial charge in [-0.3, -0.25) is 9.59 Å². The Kier molecular flexibility index (Phi) is 6.10. The average molecular weight is 306 g/mol. The van der Waals surface area contributed by atoms with Gasteiger partial charge in [-0.15, -0.1) is 0 Å². The van der Waals surface area contributed by atoms with Crippen LogP contribution in [0.5, 0.6) is 0 Å². The molecule has 2 amide bonds. The highest BCUT2D eigenvalue weighted by atomic mass is 16.6. The molecule has 0 heterocycles. The van der Waals surface area contributed by atoms with Crippen LogP contribution in [0.3, 0.4) is 0 Å². The van der Waals surface area contributed by atoms with Gasteiger partial charge in [-0.05, 0) is 51.0 Å². The Labute approximate surface area is 130 Å². The van der Waals surface area contributed by atoms with Crippen molar-refractivity contribution in [3.05, 3.63) is 29.3 Å². The van der Waals surface area contributed by atoms with Crippen LogP contribution in [-0.2, 0) is 16.0 Å². The minimum atomic E-state index is -0.542. The molecule has 0 bridgehead atoms. The molecule has 0 fully saturated rings. The van der Waals surface area contributed by atoms with Crippen molar-refractivity contribution in [2.24, 2.45) is 0 Å². The van der Waals surface area contributed by atoms with Crippen molar-refractivity contribution in [3.8, 4) is 0 Å². The summed E-state index contributed by atoms with van der Waals surface area (Å²) in [6.07, 6.45) is 0.755. The summed E-state index contributed by atoms with van der Waals surface area (Å²) in [5, 5.41) is 5.29. The first-order valence-electron chi connectivity index (χ1n) is 7.03. The molecule has 6 heteroatoms. The molecule has 1 rings (SSSR count). The smallest absolute Gasteiger partial charge is 0.407 e. The Bertz CT molecular complexity index is 562. The number of alkyl carbamates (subject to hydrolysis) is 1. The van der Waals surface area contributed by atoms with E-state index in [1.807, 2.05) is 0 Å². The third kappa shape index (κ3) is 6.88. The van der Waals surface area contributed by atoms with Crippen LogP contribution in [0, 0.1) is 0 Å². The van der Waals surface area contributed by atoms with Crippen molar-refractivity contribution < 1.29 is 19.1 Å². The van der Waals surface area contributed by atoms with Crippen LogP contribution >= 0.6 is 0 Å². The maximum Gasteiger partial charge on any atom is 0.407 e. The van der Waals surface area contributed by atoms with Crippen LogP contribution < -0.4 is 10.6 Å². The molecule has 6 nitrogen and oxygen atoms in total. The molecule has 0 saturated carbocycles. The first-order valence-corrected chi connectivity index (χ1v) is 7.03. The number of anilines is 1. The van der Waals surface area contributed by atoms with Crippen LogP contribution in [0.1, 0.15) is 43.6 Å². The van der Waals surface area contributed by atoms with Gasteiger partial charge in [0.25, 0.3) is 0 Å². The van der Waals surface area contributed by atoms with E-state index in [1.165, 1.54) is 6.92 Å². The van der Waals surface area contributed by atoms with Gasteiger partial charge in [0.15, 0.2) is 0 Å². The summed E-state index contributed by atoms with van der Waals surface area (Å²) in [4.78, 5) is 33.6. The lowest BCUT2D eigenvalue weighted by Gasteiger charge is -2.19. The number of nitrogens with one attached hydrogen (secondary N) is 2. The molecule has 0 aliphatic carbocycles. The Morgan fingerprint density at radius 2 is 1.91 bits per heavy atom. The number of rotatable bonds is 5. The lowest BCUT2D eigenvalue weighted by atomic mass is 10.1. The molecule has 0 aromatic heterocycles. The van der Waals surface area contributed by atoms with Crippen molar-refractivity contribution >= 4 is 24.0 Å². The highest BCUT2D eigenvalue weighted by Crippen LogP contribution is 2.14. The van der Waals surface area contributed by atoms with Crippen molar-refractivity contribution in [1.82, 2.24) is 5.32 Å². The van der Waals surface area contributed by atoms with Crippen molar-refractivity contribution in [3.63, 3.8) is 0 Å². The van der Waals surface area contributed by atoms with E-state index in [-0.39, 0.29) is 5.91 Å². The zero-order valence-electron chi connectivity index (χ0n) is 13.4. The highest BCUT2D eigenvalue weighted by Gasteiger charge is 2.15. The van der Waals surface area contributed by atoms with Crippen LogP contribution in [0.25, 0.3) is 0 Å². The molecule has 0 atom stereocenters. The van der Waals surface area contributed by atoms with Gasteiger partial charge in [-0.25, -0.2) is 4.79 Å². The average Bonchev–Trinajstić information content (AvgIpc) is 2.35. The highest BCUT2D eigenvalue weighted by molar-refractivity contribution is 5.90. The van der Waals surface area contributed by atoms with Gasteiger partial charge in [0.1, 0.15) is 11.9 Å². The predicted octanol–water partition coefficient (Wildman–Crippen LogP) is 2.52. The molecule has 22 heavy (non-hydrogen) atoms. The molecule has 120 valence electrons. The number of hydrogen-bond donors (Lipinski definition) is 2. The van der Waals surface area contributed by atoms with Gasteiger partial charge in [0.05, 0.1) is 0 Å². The van der Waals surface area contributed by atoms with E-state index in [2.05, 4.69) is 10.6 Å².